The van der Waals surface area contributed by atoms with Crippen molar-refractivity contribution >= 4 is 60.8 Å². The van der Waals surface area contributed by atoms with Gasteiger partial charge in [0.2, 0.25) is 0 Å². The molecule has 2 saturated carbocycles. The number of hydrogen-bond donors (Lipinski definition) is 5. The van der Waals surface area contributed by atoms with Crippen LogP contribution in [0, 0.1) is 0 Å². The zero-order valence-corrected chi connectivity index (χ0v) is 51.9. The number of nitrogens with zero attached hydrogens (tertiary/aromatic N) is 9. The molecule has 0 atom stereocenters. The number of anilines is 2. The number of nitrogens with two attached hydrogens (primary N) is 1. The van der Waals surface area contributed by atoms with Gasteiger partial charge in [-0.2, -0.15) is 19.2 Å². The van der Waals surface area contributed by atoms with E-state index in [2.05, 4.69) is 88.4 Å². The van der Waals surface area contributed by atoms with Gasteiger partial charge in [-0.05, 0) is 98.4 Å². The lowest BCUT2D eigenvalue weighted by molar-refractivity contribution is -0.0459. The highest BCUT2D eigenvalue weighted by atomic mass is 79.9. The number of fused-ring (bicyclic) bond motifs is 2. The number of halogens is 1. The molecule has 0 bridgehead atoms. The van der Waals surface area contributed by atoms with Crippen LogP contribution in [0.2, 0.25) is 51.4 Å². The lowest BCUT2D eigenvalue weighted by Gasteiger charge is -2.35. The summed E-state index contributed by atoms with van der Waals surface area (Å²) < 4.78 is 16.9. The summed E-state index contributed by atoms with van der Waals surface area (Å²) in [6.07, 6.45) is 11.8. The summed E-state index contributed by atoms with van der Waals surface area (Å²) in [6.45, 7) is 17.2. The lowest BCUT2D eigenvalue weighted by Crippen LogP contribution is -2.37. The first-order chi connectivity index (χ1) is 39.2. The fraction of sp³-hybridized carbons (Fsp3) is 0.435. The predicted octanol–water partition coefficient (Wildman–Crippen LogP) is 11.7. The van der Waals surface area contributed by atoms with Crippen molar-refractivity contribution in [3.05, 3.63) is 131 Å². The van der Waals surface area contributed by atoms with Gasteiger partial charge in [0.05, 0.1) is 69.6 Å². The van der Waals surface area contributed by atoms with Crippen molar-refractivity contribution in [2.24, 2.45) is 0 Å². The zero-order chi connectivity index (χ0) is 58.4. The van der Waals surface area contributed by atoms with E-state index in [1.807, 2.05) is 83.6 Å². The number of carbonyl (C=O) groups excluding carboxylic acids is 1. The molecule has 2 fully saturated rings. The van der Waals surface area contributed by atoms with Crippen LogP contribution in [0.4, 0.5) is 11.6 Å². The van der Waals surface area contributed by atoms with E-state index < -0.39 is 27.3 Å². The molecule has 82 heavy (non-hydrogen) atoms. The van der Waals surface area contributed by atoms with Crippen LogP contribution in [0.15, 0.2) is 114 Å². The maximum absolute atomic E-state index is 12.5. The number of nitrogen functional groups attached to an aromatic ring is 1. The molecule has 6 heterocycles. The van der Waals surface area contributed by atoms with Gasteiger partial charge in [0, 0.05) is 87.0 Å². The number of hydrogen-bond acceptors (Lipinski definition) is 15. The molecule has 0 amide bonds. The normalized spacial score (nSPS) is 19.5. The van der Waals surface area contributed by atoms with Gasteiger partial charge >= 0.3 is 0 Å². The monoisotopic (exact) mass is 1210 g/mol. The SMILES string of the molecule is CC(=O)c1c(C2CCC(O)(CO)CC2)nc2c(-c3ccc(-c4ccccc4)nc3)cnn2c1N.C[Si](C)(C)CCOCN(COCC[Si](C)(C)C)c1c(Br)c(C2CCC(O)(CO)CC2)nc2c(-c3ccc(-c4ccccc4)nc3)cnn12. The van der Waals surface area contributed by atoms with Gasteiger partial charge in [0.15, 0.2) is 22.9 Å². The molecular formula is C62H79BrN10O7Si2. The Labute approximate surface area is 491 Å². The van der Waals surface area contributed by atoms with E-state index >= 15 is 0 Å². The molecule has 0 unspecified atom stereocenters. The number of aliphatic hydroxyl groups excluding tert-OH is 2. The molecule has 6 N–H and O–H groups in total. The smallest absolute Gasteiger partial charge is 0.165 e. The highest BCUT2D eigenvalue weighted by molar-refractivity contribution is 9.10. The average Bonchev–Trinajstić information content (AvgIpc) is 2.95. The molecule has 17 nitrogen and oxygen atoms in total. The van der Waals surface area contributed by atoms with E-state index in [-0.39, 0.29) is 36.7 Å². The van der Waals surface area contributed by atoms with Gasteiger partial charge in [0.25, 0.3) is 0 Å². The van der Waals surface area contributed by atoms with Crippen LogP contribution in [0.5, 0.6) is 0 Å². The van der Waals surface area contributed by atoms with Gasteiger partial charge in [-0.3, -0.25) is 14.8 Å². The Hall–Kier alpha value is -6.08. The van der Waals surface area contributed by atoms with Crippen molar-refractivity contribution in [1.82, 2.24) is 39.2 Å². The minimum Gasteiger partial charge on any atom is -0.393 e. The maximum Gasteiger partial charge on any atom is 0.165 e. The van der Waals surface area contributed by atoms with E-state index in [1.54, 1.807) is 12.4 Å². The number of pyridine rings is 2. The van der Waals surface area contributed by atoms with Crippen molar-refractivity contribution in [3.8, 4) is 44.8 Å². The summed E-state index contributed by atoms with van der Waals surface area (Å²) >= 11 is 3.98. The van der Waals surface area contributed by atoms with Gasteiger partial charge in [0.1, 0.15) is 19.3 Å². The summed E-state index contributed by atoms with van der Waals surface area (Å²) in [5.74, 6) is 0.976. The van der Waals surface area contributed by atoms with Gasteiger partial charge in [-0.1, -0.05) is 112 Å². The average molecular weight is 1210 g/mol. The molecule has 0 saturated heterocycles. The molecule has 10 rings (SSSR count). The fourth-order valence-electron chi connectivity index (χ4n) is 10.7. The Morgan fingerprint density at radius 1 is 0.634 bits per heavy atom. The molecule has 8 aromatic rings. The first-order valence-electron chi connectivity index (χ1n) is 28.5. The number of Topliss-reactive ketones (excluding diaryl/α,β-unsaturated/α-hetero) is 1. The molecular weight excluding hydrogens is 1130 g/mol. The van der Waals surface area contributed by atoms with E-state index in [4.69, 9.17) is 35.3 Å². The summed E-state index contributed by atoms with van der Waals surface area (Å²) in [6, 6.07) is 30.3. The first-order valence-corrected chi connectivity index (χ1v) is 36.7. The van der Waals surface area contributed by atoms with Crippen LogP contribution in [-0.4, -0.2) is 133 Å². The highest BCUT2D eigenvalue weighted by Gasteiger charge is 2.38. The summed E-state index contributed by atoms with van der Waals surface area (Å²) in [5, 5.41) is 49.9. The van der Waals surface area contributed by atoms with E-state index in [9.17, 15) is 25.2 Å². The third kappa shape index (κ3) is 14.3. The Kier molecular flexibility index (Phi) is 19.1. The number of carbonyl (C=O) groups is 1. The maximum atomic E-state index is 12.5. The second-order valence-corrected chi connectivity index (χ2v) is 36.7. The second-order valence-electron chi connectivity index (χ2n) is 24.7. The van der Waals surface area contributed by atoms with Crippen LogP contribution in [0.25, 0.3) is 56.1 Å². The first kappa shape index (κ1) is 60.5. The minimum atomic E-state index is -1.27. The number of ether oxygens (including phenoxy) is 2. The Bertz CT molecular complexity index is 3410. The van der Waals surface area contributed by atoms with Crippen LogP contribution < -0.4 is 10.6 Å². The minimum absolute atomic E-state index is 0.0423. The summed E-state index contributed by atoms with van der Waals surface area (Å²) in [7, 11) is -2.55. The Morgan fingerprint density at radius 2 is 1.06 bits per heavy atom. The van der Waals surface area contributed by atoms with Crippen LogP contribution >= 0.6 is 15.9 Å². The largest absolute Gasteiger partial charge is 0.393 e. The molecule has 0 radical (unpaired) electrons. The molecule has 6 aromatic heterocycles. The van der Waals surface area contributed by atoms with Gasteiger partial charge in [-0.15, -0.1) is 0 Å². The summed E-state index contributed by atoms with van der Waals surface area (Å²) in [5.41, 5.74) is 14.9. The standard InChI is InChI=1S/C36H52BrN5O4Si2.C26H27N5O3/c1-47(2,3)20-18-45-25-41(26-46-19-21-48(4,5)6)35-32(37)33(28-14-16-36(44,24-43)17-15-28)40-34-30(23-39-42(34)35)29-12-13-31(38-22-29)27-10-8-7-9-11-27;1-16(33)22-23(18-9-11-26(34,15-32)12-10-18)30-25-20(14-29-31(25)24(22)27)19-7-8-21(28-13-19)17-5-3-2-4-6-17/h7-13,22-23,28,43-44H,14-21,24-26H2,1-6H3;2-8,13-14,18,32,34H,9-12,15,27H2,1H3. The number of ketones is 1. The number of aliphatic hydroxyl groups is 4. The van der Waals surface area contributed by atoms with Crippen LogP contribution in [0.3, 0.4) is 0 Å². The lowest BCUT2D eigenvalue weighted by atomic mass is 9.77. The molecule has 20 heteroatoms. The van der Waals surface area contributed by atoms with Crippen LogP contribution in [0.1, 0.15) is 91.9 Å². The number of rotatable bonds is 20. The predicted molar refractivity (Wildman–Crippen MR) is 332 cm³/mol. The van der Waals surface area contributed by atoms with Crippen molar-refractivity contribution in [1.29, 1.82) is 0 Å². The van der Waals surface area contributed by atoms with Crippen molar-refractivity contribution in [3.63, 3.8) is 0 Å². The number of aromatic nitrogens is 8. The second kappa shape index (κ2) is 25.8. The molecule has 2 aliphatic rings. The van der Waals surface area contributed by atoms with Crippen molar-refractivity contribution < 1.29 is 34.7 Å². The molecule has 0 aliphatic heterocycles. The van der Waals surface area contributed by atoms with Gasteiger partial charge in [-0.25, -0.2) is 9.97 Å². The third-order valence-corrected chi connectivity index (χ3v) is 20.1. The van der Waals surface area contributed by atoms with E-state index in [1.165, 1.54) is 11.4 Å². The van der Waals surface area contributed by atoms with Crippen molar-refractivity contribution in [2.45, 2.75) is 133 Å². The highest BCUT2D eigenvalue weighted by Crippen LogP contribution is 2.44. The molecule has 434 valence electrons. The Balaban J connectivity index is 0.000000209. The zero-order valence-electron chi connectivity index (χ0n) is 48.4. The molecule has 2 aliphatic carbocycles. The van der Waals surface area contributed by atoms with E-state index in [0.29, 0.717) is 94.9 Å². The molecule has 0 spiro atoms. The van der Waals surface area contributed by atoms with Crippen LogP contribution in [-0.2, 0) is 9.47 Å². The quantitative estimate of drug-likeness (QED) is 0.0207. The van der Waals surface area contributed by atoms with Crippen molar-refractivity contribution in [2.75, 3.05) is 50.5 Å². The topological polar surface area (TPSA) is 232 Å². The Morgan fingerprint density at radius 3 is 1.48 bits per heavy atom. The summed E-state index contributed by atoms with van der Waals surface area (Å²) in [4.78, 5) is 34.3. The van der Waals surface area contributed by atoms with E-state index in [0.717, 1.165) is 78.5 Å². The molecule has 2 aromatic carbocycles. The third-order valence-electron chi connectivity index (χ3n) is 15.9. The number of benzene rings is 2. The van der Waals surface area contributed by atoms with Gasteiger partial charge < -0.3 is 40.5 Å². The fourth-order valence-corrected chi connectivity index (χ4v) is 13.1.